The Hall–Kier alpha value is -2.06. The normalized spacial score (nSPS) is 13.1. The summed E-state index contributed by atoms with van der Waals surface area (Å²) in [6, 6.07) is 4.34. The molecule has 0 bridgehead atoms. The second-order valence-electron chi connectivity index (χ2n) is 4.40. The molecule has 0 saturated heterocycles. The van der Waals surface area contributed by atoms with E-state index in [-0.39, 0.29) is 0 Å². The van der Waals surface area contributed by atoms with Gasteiger partial charge in [0.25, 0.3) is 0 Å². The van der Waals surface area contributed by atoms with E-state index in [1.54, 1.807) is 25.3 Å². The monoisotopic (exact) mass is 313 g/mol. The third-order valence-corrected chi connectivity index (χ3v) is 4.46. The number of hydrogen-bond donors (Lipinski definition) is 2. The molecular weight excluding hydrogens is 300 g/mol. The second-order valence-corrected chi connectivity index (χ2v) is 6.08. The van der Waals surface area contributed by atoms with Crippen LogP contribution >= 0.6 is 0 Å². The van der Waals surface area contributed by atoms with Crippen molar-refractivity contribution >= 4 is 15.7 Å². The van der Waals surface area contributed by atoms with Crippen LogP contribution in [-0.2, 0) is 10.0 Å². The molecule has 2 rings (SSSR count). The number of rotatable bonds is 4. The minimum Gasteiger partial charge on any atom is -0.394 e. The molecule has 8 heteroatoms. The Balaban J connectivity index is 2.33. The molecule has 5 nitrogen and oxygen atoms in total. The van der Waals surface area contributed by atoms with E-state index in [0.717, 1.165) is 12.1 Å². The Bertz CT molecular complexity index is 752. The van der Waals surface area contributed by atoms with Crippen LogP contribution in [-0.4, -0.2) is 13.4 Å². The third kappa shape index (κ3) is 3.17. The summed E-state index contributed by atoms with van der Waals surface area (Å²) >= 11 is 0. The molecule has 1 aromatic carbocycles. The summed E-state index contributed by atoms with van der Waals surface area (Å²) < 4.78 is 53.5. The number of nitrogens with zero attached hydrogens (tertiary/aromatic N) is 1. The van der Waals surface area contributed by atoms with Crippen LogP contribution in [0.1, 0.15) is 18.5 Å². The Kier molecular flexibility index (Phi) is 4.19. The zero-order chi connectivity index (χ0) is 15.6. The highest BCUT2D eigenvalue weighted by Crippen LogP contribution is 2.24. The third-order valence-electron chi connectivity index (χ3n) is 2.90. The molecule has 112 valence electrons. The number of halogens is 2. The van der Waals surface area contributed by atoms with Gasteiger partial charge < -0.3 is 5.73 Å². The molecule has 1 atom stereocenters. The summed E-state index contributed by atoms with van der Waals surface area (Å²) in [6.07, 6.45) is 3.04. The molecule has 21 heavy (non-hydrogen) atoms. The van der Waals surface area contributed by atoms with Crippen molar-refractivity contribution in [1.29, 1.82) is 0 Å². The highest BCUT2D eigenvalue weighted by molar-refractivity contribution is 7.89. The van der Waals surface area contributed by atoms with Crippen LogP contribution in [0.15, 0.2) is 41.6 Å². The number of hydrogen-bond acceptors (Lipinski definition) is 4. The van der Waals surface area contributed by atoms with E-state index in [1.165, 1.54) is 6.20 Å². The van der Waals surface area contributed by atoms with Crippen LogP contribution in [0.2, 0.25) is 0 Å². The molecule has 0 fully saturated rings. The highest BCUT2D eigenvalue weighted by Gasteiger charge is 2.24. The SMILES string of the molecule is CC(NS(=O)(=O)c1ccc(F)c(N)c1F)c1cccnc1. The first-order chi connectivity index (χ1) is 9.83. The van der Waals surface area contributed by atoms with Gasteiger partial charge in [0.1, 0.15) is 16.4 Å². The summed E-state index contributed by atoms with van der Waals surface area (Å²) in [5, 5.41) is 0. The fourth-order valence-corrected chi connectivity index (χ4v) is 3.07. The quantitative estimate of drug-likeness (QED) is 0.845. The van der Waals surface area contributed by atoms with E-state index >= 15 is 0 Å². The lowest BCUT2D eigenvalue weighted by Gasteiger charge is -2.15. The zero-order valence-corrected chi connectivity index (χ0v) is 11.9. The highest BCUT2D eigenvalue weighted by atomic mass is 32.2. The summed E-state index contributed by atoms with van der Waals surface area (Å²) in [5.41, 5.74) is 4.95. The average molecular weight is 313 g/mol. The molecule has 1 aromatic heterocycles. The lowest BCUT2D eigenvalue weighted by molar-refractivity contribution is 0.540. The first-order valence-corrected chi connectivity index (χ1v) is 7.47. The van der Waals surface area contributed by atoms with Crippen molar-refractivity contribution in [2.45, 2.75) is 17.9 Å². The first-order valence-electron chi connectivity index (χ1n) is 5.98. The van der Waals surface area contributed by atoms with Crippen molar-refractivity contribution in [3.63, 3.8) is 0 Å². The fourth-order valence-electron chi connectivity index (χ4n) is 1.75. The maximum absolute atomic E-state index is 13.8. The lowest BCUT2D eigenvalue weighted by Crippen LogP contribution is -2.28. The summed E-state index contributed by atoms with van der Waals surface area (Å²) in [6.45, 7) is 1.58. The van der Waals surface area contributed by atoms with Crippen molar-refractivity contribution < 1.29 is 17.2 Å². The molecule has 0 aliphatic carbocycles. The Morgan fingerprint density at radius 1 is 1.29 bits per heavy atom. The Morgan fingerprint density at radius 2 is 2.00 bits per heavy atom. The molecule has 0 spiro atoms. The van der Waals surface area contributed by atoms with Crippen molar-refractivity contribution in [2.24, 2.45) is 0 Å². The number of aromatic nitrogens is 1. The molecular formula is C13H13F2N3O2S. The smallest absolute Gasteiger partial charge is 0.244 e. The van der Waals surface area contributed by atoms with Crippen LogP contribution < -0.4 is 10.5 Å². The van der Waals surface area contributed by atoms with Crippen molar-refractivity contribution in [3.05, 3.63) is 53.9 Å². The van der Waals surface area contributed by atoms with Crippen LogP contribution in [0.25, 0.3) is 0 Å². The van der Waals surface area contributed by atoms with Gasteiger partial charge in [-0.15, -0.1) is 0 Å². The molecule has 0 aliphatic rings. The van der Waals surface area contributed by atoms with Gasteiger partial charge in [-0.25, -0.2) is 21.9 Å². The summed E-state index contributed by atoms with van der Waals surface area (Å²) in [5.74, 6) is -2.31. The Morgan fingerprint density at radius 3 is 2.62 bits per heavy atom. The molecule has 1 unspecified atom stereocenters. The average Bonchev–Trinajstić information content (AvgIpc) is 2.45. The molecule has 0 saturated carbocycles. The maximum Gasteiger partial charge on any atom is 0.244 e. The van der Waals surface area contributed by atoms with Crippen molar-refractivity contribution in [2.75, 3.05) is 5.73 Å². The van der Waals surface area contributed by atoms with Gasteiger partial charge >= 0.3 is 0 Å². The number of pyridine rings is 1. The van der Waals surface area contributed by atoms with Gasteiger partial charge in [-0.2, -0.15) is 0 Å². The van der Waals surface area contributed by atoms with Gasteiger partial charge in [0.05, 0.1) is 0 Å². The zero-order valence-electron chi connectivity index (χ0n) is 11.0. The number of benzene rings is 1. The van der Waals surface area contributed by atoms with E-state index in [0.29, 0.717) is 5.56 Å². The molecule has 2 aromatic rings. The summed E-state index contributed by atoms with van der Waals surface area (Å²) in [7, 11) is -4.18. The standard InChI is InChI=1S/C13H13F2N3O2S/c1-8(9-3-2-6-17-7-9)18-21(19,20)11-5-4-10(14)13(16)12(11)15/h2-8,18H,16H2,1H3. The van der Waals surface area contributed by atoms with Crippen molar-refractivity contribution in [1.82, 2.24) is 9.71 Å². The lowest BCUT2D eigenvalue weighted by atomic mass is 10.2. The number of nitrogens with two attached hydrogens (primary N) is 1. The van der Waals surface area contributed by atoms with E-state index in [9.17, 15) is 17.2 Å². The van der Waals surface area contributed by atoms with Crippen LogP contribution in [0, 0.1) is 11.6 Å². The van der Waals surface area contributed by atoms with Crippen LogP contribution in [0.4, 0.5) is 14.5 Å². The number of sulfonamides is 1. The van der Waals surface area contributed by atoms with Gasteiger partial charge in [-0.3, -0.25) is 4.98 Å². The van der Waals surface area contributed by atoms with E-state index < -0.39 is 38.3 Å². The summed E-state index contributed by atoms with van der Waals surface area (Å²) in [4.78, 5) is 3.18. The predicted molar refractivity (Wildman–Crippen MR) is 73.7 cm³/mol. The van der Waals surface area contributed by atoms with E-state index in [4.69, 9.17) is 5.73 Å². The van der Waals surface area contributed by atoms with E-state index in [2.05, 4.69) is 9.71 Å². The predicted octanol–water partition coefficient (Wildman–Crippen LogP) is 1.98. The molecule has 3 N–H and O–H groups in total. The fraction of sp³-hybridized carbons (Fsp3) is 0.154. The number of anilines is 1. The first kappa shape index (κ1) is 15.3. The molecule has 0 amide bonds. The molecule has 0 aliphatic heterocycles. The molecule has 0 radical (unpaired) electrons. The van der Waals surface area contributed by atoms with Gasteiger partial charge in [-0.05, 0) is 30.7 Å². The number of nitrogens with one attached hydrogen (secondary N) is 1. The van der Waals surface area contributed by atoms with Gasteiger partial charge in [-0.1, -0.05) is 6.07 Å². The van der Waals surface area contributed by atoms with Crippen LogP contribution in [0.3, 0.4) is 0 Å². The van der Waals surface area contributed by atoms with Gasteiger partial charge in [0, 0.05) is 18.4 Å². The number of nitrogen functional groups attached to an aromatic ring is 1. The minimum absolute atomic E-state index is 0.608. The van der Waals surface area contributed by atoms with Crippen LogP contribution in [0.5, 0.6) is 0 Å². The maximum atomic E-state index is 13.8. The van der Waals surface area contributed by atoms with E-state index in [1.807, 2.05) is 0 Å². The second kappa shape index (κ2) is 5.74. The van der Waals surface area contributed by atoms with Crippen molar-refractivity contribution in [3.8, 4) is 0 Å². The van der Waals surface area contributed by atoms with Gasteiger partial charge in [0.15, 0.2) is 5.82 Å². The largest absolute Gasteiger partial charge is 0.394 e. The molecule has 1 heterocycles. The van der Waals surface area contributed by atoms with Gasteiger partial charge in [0.2, 0.25) is 10.0 Å². The minimum atomic E-state index is -4.18. The Labute approximate surface area is 120 Å². The topological polar surface area (TPSA) is 85.1 Å².